The first kappa shape index (κ1) is 38.7. The molecule has 2 N–H and O–H groups in total. The number of amides is 3. The molecule has 3 amide bonds. The van der Waals surface area contributed by atoms with Crippen LogP contribution in [0.2, 0.25) is 0 Å². The van der Waals surface area contributed by atoms with E-state index in [0.717, 1.165) is 0 Å². The summed E-state index contributed by atoms with van der Waals surface area (Å²) in [4.78, 5) is 40.7. The van der Waals surface area contributed by atoms with E-state index in [2.05, 4.69) is 5.32 Å². The Bertz CT molecular complexity index is 1840. The van der Waals surface area contributed by atoms with E-state index < -0.39 is 47.7 Å². The molecule has 0 spiro atoms. The van der Waals surface area contributed by atoms with Crippen LogP contribution in [0.15, 0.2) is 60.7 Å². The molecule has 2 aliphatic heterocycles. The van der Waals surface area contributed by atoms with Gasteiger partial charge in [0.2, 0.25) is 0 Å². The molecule has 2 atom stereocenters. The Morgan fingerprint density at radius 3 is 2.00 bits per heavy atom. The predicted octanol–water partition coefficient (Wildman–Crippen LogP) is 9.10. The van der Waals surface area contributed by atoms with E-state index in [0.29, 0.717) is 59.8 Å². The highest BCUT2D eigenvalue weighted by atomic mass is 19.4. The third kappa shape index (κ3) is 9.55. The van der Waals surface area contributed by atoms with Gasteiger partial charge in [-0.1, -0.05) is 12.1 Å². The lowest BCUT2D eigenvalue weighted by atomic mass is 9.78. The van der Waals surface area contributed by atoms with Gasteiger partial charge in [0.25, 0.3) is 5.91 Å². The first-order chi connectivity index (χ1) is 25.5. The Kier molecular flexibility index (Phi) is 11.3. The van der Waals surface area contributed by atoms with Gasteiger partial charge in [-0.05, 0) is 112 Å². The summed E-state index contributed by atoms with van der Waals surface area (Å²) in [5, 5.41) is 12.3. The van der Waals surface area contributed by atoms with Gasteiger partial charge in [0, 0.05) is 42.7 Å². The maximum Gasteiger partial charge on any atom is 0.410 e. The summed E-state index contributed by atoms with van der Waals surface area (Å²) in [7, 11) is 0. The number of anilines is 1. The number of carbonyl (C=O) groups is 3. The third-order valence-electron chi connectivity index (χ3n) is 10.1. The Labute approximate surface area is 311 Å². The summed E-state index contributed by atoms with van der Waals surface area (Å²) in [6, 6.07) is 15.7. The normalized spacial score (nSPS) is 21.8. The number of alkyl halides is 3. The lowest BCUT2D eigenvalue weighted by Gasteiger charge is -2.31. The van der Waals surface area contributed by atoms with Gasteiger partial charge in [0.1, 0.15) is 35.1 Å². The number of hydrogen-bond acceptors (Lipinski definition) is 6. The van der Waals surface area contributed by atoms with Gasteiger partial charge in [-0.3, -0.25) is 4.79 Å². The lowest BCUT2D eigenvalue weighted by Crippen LogP contribution is -2.36. The zero-order valence-electron chi connectivity index (χ0n) is 30.5. The molecule has 3 fully saturated rings. The van der Waals surface area contributed by atoms with Crippen LogP contribution >= 0.6 is 0 Å². The van der Waals surface area contributed by atoms with E-state index in [-0.39, 0.29) is 56.4 Å². The molecule has 3 aromatic rings. The van der Waals surface area contributed by atoms with Crippen molar-refractivity contribution in [2.45, 2.75) is 89.2 Å². The summed E-state index contributed by atoms with van der Waals surface area (Å²) in [5.41, 5.74) is 1.85. The maximum absolute atomic E-state index is 13.8. The van der Waals surface area contributed by atoms with Crippen molar-refractivity contribution in [3.63, 3.8) is 0 Å². The van der Waals surface area contributed by atoms with Crippen LogP contribution in [-0.2, 0) is 4.74 Å². The molecule has 290 valence electrons. The van der Waals surface area contributed by atoms with Crippen molar-refractivity contribution in [3.05, 3.63) is 77.6 Å². The van der Waals surface area contributed by atoms with Gasteiger partial charge in [0.15, 0.2) is 0 Å². The minimum absolute atomic E-state index is 0.0321. The number of hydrogen-bond donors (Lipinski definition) is 2. The second-order valence-corrected chi connectivity index (χ2v) is 15.2. The van der Waals surface area contributed by atoms with Gasteiger partial charge in [-0.15, -0.1) is 0 Å². The average Bonchev–Trinajstić information content (AvgIpc) is 3.79. The largest absolute Gasteiger partial charge is 0.488 e. The third-order valence-corrected chi connectivity index (χ3v) is 10.1. The highest BCUT2D eigenvalue weighted by Gasteiger charge is 2.42. The van der Waals surface area contributed by atoms with Gasteiger partial charge >= 0.3 is 18.4 Å². The monoisotopic (exact) mass is 755 g/mol. The number of halogens is 4. The highest BCUT2D eigenvalue weighted by molar-refractivity contribution is 6.05. The molecule has 2 heterocycles. The van der Waals surface area contributed by atoms with Crippen molar-refractivity contribution in [3.8, 4) is 22.6 Å². The van der Waals surface area contributed by atoms with Crippen molar-refractivity contribution >= 4 is 23.8 Å². The second-order valence-electron chi connectivity index (χ2n) is 15.2. The Morgan fingerprint density at radius 2 is 1.39 bits per heavy atom. The molecule has 10 nitrogen and oxygen atoms in total. The number of carbonyl (C=O) groups excluding carboxylic acids is 2. The van der Waals surface area contributed by atoms with Gasteiger partial charge in [-0.2, -0.15) is 13.2 Å². The Morgan fingerprint density at radius 1 is 0.778 bits per heavy atom. The molecule has 0 aromatic heterocycles. The molecule has 0 radical (unpaired) electrons. The van der Waals surface area contributed by atoms with Crippen LogP contribution in [0.25, 0.3) is 11.1 Å². The number of nitrogens with one attached hydrogen (secondary N) is 1. The molecule has 3 aromatic carbocycles. The van der Waals surface area contributed by atoms with Crippen LogP contribution in [0.1, 0.15) is 81.1 Å². The van der Waals surface area contributed by atoms with Crippen LogP contribution < -0.4 is 14.8 Å². The van der Waals surface area contributed by atoms with Gasteiger partial charge < -0.3 is 34.4 Å². The summed E-state index contributed by atoms with van der Waals surface area (Å²) in [6.07, 6.45) is -5.00. The second kappa shape index (κ2) is 15.8. The van der Waals surface area contributed by atoms with E-state index in [1.54, 1.807) is 74.2 Å². The predicted molar refractivity (Wildman–Crippen MR) is 192 cm³/mol. The molecule has 0 unspecified atom stereocenters. The summed E-state index contributed by atoms with van der Waals surface area (Å²) in [5.74, 6) is -1.64. The van der Waals surface area contributed by atoms with Gasteiger partial charge in [-0.25, -0.2) is 14.0 Å². The zero-order chi connectivity index (χ0) is 38.8. The van der Waals surface area contributed by atoms with Crippen LogP contribution in [0.5, 0.6) is 11.5 Å². The van der Waals surface area contributed by atoms with Gasteiger partial charge in [0.05, 0.1) is 19.0 Å². The Hall–Kier alpha value is -5.01. The van der Waals surface area contributed by atoms with Crippen molar-refractivity contribution in [2.75, 3.05) is 31.5 Å². The standard InChI is InChI=1S/C40H45F4N3O7/c1-39(2,3)54-38(51)47-19-17-31(23-47)53-34-14-8-26(20-32(34)24-4-9-27(10-5-24)40(42,43)44)36(48)45-29-13-15-35(52-30-16-18-46(22-30)37(49)50)33(21-29)25-6-11-28(41)12-7-25/h6-8,11-15,20-21,24,27,30-31H,4-5,9-10,16-19,22-23H2,1-3H3,(H,45,48)(H,49,50)/t24?,27?,30-,31-/m0/s1. The van der Waals surface area contributed by atoms with Crippen molar-refractivity contribution in [2.24, 2.45) is 5.92 Å². The lowest BCUT2D eigenvalue weighted by molar-refractivity contribution is -0.182. The van der Waals surface area contributed by atoms with E-state index in [9.17, 15) is 37.1 Å². The molecule has 1 saturated carbocycles. The van der Waals surface area contributed by atoms with Crippen LogP contribution in [-0.4, -0.2) is 83.2 Å². The smallest absolute Gasteiger partial charge is 0.410 e. The maximum atomic E-state index is 13.8. The fraction of sp³-hybridized carbons (Fsp3) is 0.475. The molecule has 0 bridgehead atoms. The SMILES string of the molecule is CC(C)(C)OC(=O)N1CC[C@H](Oc2ccc(C(=O)Nc3ccc(O[C@H]4CCN(C(=O)O)C4)c(-c4ccc(F)cc4)c3)cc2C2CCC(C(F)(F)F)CC2)C1. The van der Waals surface area contributed by atoms with Crippen molar-refractivity contribution in [1.29, 1.82) is 0 Å². The van der Waals surface area contributed by atoms with E-state index >= 15 is 0 Å². The molecular weight excluding hydrogens is 710 g/mol. The number of carboxylic acid groups (broad SMARTS) is 1. The first-order valence-electron chi connectivity index (χ1n) is 18.2. The average molecular weight is 756 g/mol. The fourth-order valence-electron chi connectivity index (χ4n) is 7.29. The first-order valence-corrected chi connectivity index (χ1v) is 18.2. The molecule has 3 aliphatic rings. The number of ether oxygens (including phenoxy) is 3. The minimum Gasteiger partial charge on any atom is -0.488 e. The number of rotatable bonds is 8. The molecule has 54 heavy (non-hydrogen) atoms. The molecule has 2 saturated heterocycles. The molecule has 14 heteroatoms. The summed E-state index contributed by atoms with van der Waals surface area (Å²) >= 11 is 0. The number of benzene rings is 3. The van der Waals surface area contributed by atoms with Crippen LogP contribution in [0.3, 0.4) is 0 Å². The molecule has 1 aliphatic carbocycles. The topological polar surface area (TPSA) is 118 Å². The molecular formula is C40H45F4N3O7. The fourth-order valence-corrected chi connectivity index (χ4v) is 7.29. The highest BCUT2D eigenvalue weighted by Crippen LogP contribution is 2.45. The van der Waals surface area contributed by atoms with E-state index in [4.69, 9.17) is 14.2 Å². The van der Waals surface area contributed by atoms with Crippen LogP contribution in [0.4, 0.5) is 32.8 Å². The quantitative estimate of drug-likeness (QED) is 0.220. The van der Waals surface area contributed by atoms with Crippen molar-refractivity contribution in [1.82, 2.24) is 9.80 Å². The zero-order valence-corrected chi connectivity index (χ0v) is 30.5. The van der Waals surface area contributed by atoms with Crippen molar-refractivity contribution < 1.29 is 51.3 Å². The van der Waals surface area contributed by atoms with E-state index in [1.807, 2.05) is 0 Å². The number of nitrogens with zero attached hydrogens (tertiary/aromatic N) is 2. The molecule has 6 rings (SSSR count). The van der Waals surface area contributed by atoms with Crippen LogP contribution in [0, 0.1) is 11.7 Å². The number of likely N-dealkylation sites (tertiary alicyclic amines) is 2. The summed E-state index contributed by atoms with van der Waals surface area (Å²) < 4.78 is 72.6. The summed E-state index contributed by atoms with van der Waals surface area (Å²) in [6.45, 7) is 6.60. The minimum atomic E-state index is -4.27. The Balaban J connectivity index is 1.23. The van der Waals surface area contributed by atoms with E-state index in [1.165, 1.54) is 17.0 Å².